The largest absolute Gasteiger partial charge is 0.460 e. The summed E-state index contributed by atoms with van der Waals surface area (Å²) in [5, 5.41) is 2.25. The number of carbonyl (C=O) groups is 2. The van der Waals surface area contributed by atoms with Gasteiger partial charge < -0.3 is 4.74 Å². The molecule has 2 atom stereocenters. The molecule has 0 fully saturated rings. The molecule has 0 saturated carbocycles. The van der Waals surface area contributed by atoms with Gasteiger partial charge in [0.25, 0.3) is 0 Å². The van der Waals surface area contributed by atoms with Crippen molar-refractivity contribution in [2.24, 2.45) is 5.92 Å². The number of amides is 1. The SMILES string of the molecule is CC(C)[C@H](N[C@@H](CC(=O)NOCc1ccccc1)C(F)(F)F)C(=O)OCc1ccccc1. The van der Waals surface area contributed by atoms with Crippen molar-refractivity contribution in [1.29, 1.82) is 0 Å². The van der Waals surface area contributed by atoms with Crippen LogP contribution in [0.4, 0.5) is 13.2 Å². The van der Waals surface area contributed by atoms with Gasteiger partial charge >= 0.3 is 12.1 Å². The number of alkyl halides is 3. The van der Waals surface area contributed by atoms with Crippen molar-refractivity contribution < 1.29 is 32.3 Å². The minimum absolute atomic E-state index is 0.0110. The first kappa shape index (κ1) is 25.4. The zero-order chi connectivity index (χ0) is 23.6. The van der Waals surface area contributed by atoms with Crippen LogP contribution in [0.15, 0.2) is 60.7 Å². The van der Waals surface area contributed by atoms with Crippen LogP contribution in [0.2, 0.25) is 0 Å². The van der Waals surface area contributed by atoms with E-state index in [1.807, 2.05) is 5.48 Å². The number of carbonyl (C=O) groups excluding carboxylic acids is 2. The fourth-order valence-corrected chi connectivity index (χ4v) is 2.84. The highest BCUT2D eigenvalue weighted by Crippen LogP contribution is 2.24. The third kappa shape index (κ3) is 8.68. The van der Waals surface area contributed by atoms with E-state index in [1.165, 1.54) is 0 Å². The molecule has 2 rings (SSSR count). The average Bonchev–Trinajstić information content (AvgIpc) is 2.75. The maximum absolute atomic E-state index is 13.6. The molecule has 174 valence electrons. The molecule has 0 heterocycles. The number of esters is 1. The lowest BCUT2D eigenvalue weighted by Gasteiger charge is -2.28. The van der Waals surface area contributed by atoms with Crippen molar-refractivity contribution >= 4 is 11.9 Å². The van der Waals surface area contributed by atoms with Crippen molar-refractivity contribution in [2.75, 3.05) is 0 Å². The minimum Gasteiger partial charge on any atom is -0.460 e. The van der Waals surface area contributed by atoms with Crippen LogP contribution >= 0.6 is 0 Å². The molecule has 0 saturated heterocycles. The molecular formula is C23H27F3N2O4. The Morgan fingerprint density at radius 3 is 1.94 bits per heavy atom. The topological polar surface area (TPSA) is 76.7 Å². The number of hydrogen-bond acceptors (Lipinski definition) is 5. The molecule has 0 aliphatic carbocycles. The predicted molar refractivity (Wildman–Crippen MR) is 112 cm³/mol. The van der Waals surface area contributed by atoms with E-state index in [0.29, 0.717) is 5.56 Å². The van der Waals surface area contributed by atoms with E-state index in [-0.39, 0.29) is 13.2 Å². The number of hydroxylamine groups is 1. The van der Waals surface area contributed by atoms with Gasteiger partial charge in [0.1, 0.15) is 18.7 Å². The molecule has 0 spiro atoms. The smallest absolute Gasteiger partial charge is 0.404 e. The molecule has 9 heteroatoms. The summed E-state index contributed by atoms with van der Waals surface area (Å²) in [4.78, 5) is 29.5. The lowest BCUT2D eigenvalue weighted by Crippen LogP contribution is -2.54. The average molecular weight is 452 g/mol. The molecule has 0 unspecified atom stereocenters. The number of rotatable bonds is 11. The van der Waals surface area contributed by atoms with Gasteiger partial charge in [-0.2, -0.15) is 13.2 Å². The first-order chi connectivity index (χ1) is 15.2. The Morgan fingerprint density at radius 2 is 1.44 bits per heavy atom. The summed E-state index contributed by atoms with van der Waals surface area (Å²) >= 11 is 0. The van der Waals surface area contributed by atoms with Crippen molar-refractivity contribution in [1.82, 2.24) is 10.8 Å². The molecule has 2 N–H and O–H groups in total. The normalized spacial score (nSPS) is 13.4. The Kier molecular flexibility index (Phi) is 9.67. The van der Waals surface area contributed by atoms with Crippen LogP contribution in [0.5, 0.6) is 0 Å². The maximum Gasteiger partial charge on any atom is 0.404 e. The highest BCUT2D eigenvalue weighted by atomic mass is 19.4. The monoisotopic (exact) mass is 452 g/mol. The highest BCUT2D eigenvalue weighted by Gasteiger charge is 2.43. The van der Waals surface area contributed by atoms with Gasteiger partial charge in [-0.25, -0.2) is 5.48 Å². The van der Waals surface area contributed by atoms with Gasteiger partial charge in [-0.15, -0.1) is 0 Å². The van der Waals surface area contributed by atoms with Crippen molar-refractivity contribution in [3.8, 4) is 0 Å². The van der Waals surface area contributed by atoms with E-state index in [1.54, 1.807) is 74.5 Å². The molecule has 2 aromatic carbocycles. The molecule has 0 aliphatic rings. The van der Waals surface area contributed by atoms with E-state index >= 15 is 0 Å². The molecule has 6 nitrogen and oxygen atoms in total. The summed E-state index contributed by atoms with van der Waals surface area (Å²) in [5.41, 5.74) is 3.48. The van der Waals surface area contributed by atoms with Crippen LogP contribution in [0.25, 0.3) is 0 Å². The van der Waals surface area contributed by atoms with Crippen molar-refractivity contribution in [3.63, 3.8) is 0 Å². The lowest BCUT2D eigenvalue weighted by molar-refractivity contribution is -0.171. The zero-order valence-electron chi connectivity index (χ0n) is 17.9. The van der Waals surface area contributed by atoms with E-state index in [4.69, 9.17) is 9.57 Å². The molecule has 2 aromatic rings. The van der Waals surface area contributed by atoms with E-state index < -0.39 is 42.5 Å². The van der Waals surface area contributed by atoms with Crippen LogP contribution in [-0.2, 0) is 32.4 Å². The summed E-state index contributed by atoms with van der Waals surface area (Å²) in [7, 11) is 0. The number of ether oxygens (including phenoxy) is 1. The quantitative estimate of drug-likeness (QED) is 0.399. The van der Waals surface area contributed by atoms with Gasteiger partial charge in [0.2, 0.25) is 5.91 Å². The van der Waals surface area contributed by atoms with Gasteiger partial charge in [0, 0.05) is 0 Å². The molecular weight excluding hydrogens is 425 g/mol. The van der Waals surface area contributed by atoms with Crippen LogP contribution < -0.4 is 10.8 Å². The van der Waals surface area contributed by atoms with Crippen LogP contribution in [-0.4, -0.2) is 30.1 Å². The minimum atomic E-state index is -4.76. The van der Waals surface area contributed by atoms with E-state index in [0.717, 1.165) is 5.56 Å². The number of hydrogen-bond donors (Lipinski definition) is 2. The zero-order valence-corrected chi connectivity index (χ0v) is 17.9. The summed E-state index contributed by atoms with van der Waals surface area (Å²) < 4.78 is 45.9. The van der Waals surface area contributed by atoms with E-state index in [2.05, 4.69) is 5.32 Å². The summed E-state index contributed by atoms with van der Waals surface area (Å²) in [6.45, 7) is 3.14. The summed E-state index contributed by atoms with van der Waals surface area (Å²) in [6, 6.07) is 14.2. The van der Waals surface area contributed by atoms with Crippen LogP contribution in [0.1, 0.15) is 31.4 Å². The van der Waals surface area contributed by atoms with Crippen LogP contribution in [0.3, 0.4) is 0 Å². The fraction of sp³-hybridized carbons (Fsp3) is 0.391. The van der Waals surface area contributed by atoms with Gasteiger partial charge in [-0.05, 0) is 17.0 Å². The Hall–Kier alpha value is -2.91. The molecule has 1 amide bonds. The molecule has 0 bridgehead atoms. The van der Waals surface area contributed by atoms with Gasteiger partial charge in [0.05, 0.1) is 13.0 Å². The third-order valence-electron chi connectivity index (χ3n) is 4.58. The molecule has 0 aliphatic heterocycles. The summed E-state index contributed by atoms with van der Waals surface area (Å²) in [6.07, 6.45) is -5.71. The lowest BCUT2D eigenvalue weighted by atomic mass is 10.0. The van der Waals surface area contributed by atoms with E-state index in [9.17, 15) is 22.8 Å². The molecule has 0 aromatic heterocycles. The van der Waals surface area contributed by atoms with Gasteiger partial charge in [-0.1, -0.05) is 74.5 Å². The van der Waals surface area contributed by atoms with Gasteiger partial charge in [0.15, 0.2) is 0 Å². The second-order valence-corrected chi connectivity index (χ2v) is 7.58. The first-order valence-electron chi connectivity index (χ1n) is 10.1. The predicted octanol–water partition coefficient (Wildman–Crippen LogP) is 3.91. The van der Waals surface area contributed by atoms with Crippen molar-refractivity contribution in [3.05, 3.63) is 71.8 Å². The van der Waals surface area contributed by atoms with Gasteiger partial charge in [-0.3, -0.25) is 19.7 Å². The van der Waals surface area contributed by atoms with Crippen LogP contribution in [0, 0.1) is 5.92 Å². The second-order valence-electron chi connectivity index (χ2n) is 7.58. The number of benzene rings is 2. The Bertz CT molecular complexity index is 845. The number of nitrogens with one attached hydrogen (secondary N) is 2. The standard InChI is InChI=1S/C23H27F3N2O4/c1-16(2)21(22(30)31-14-17-9-5-3-6-10-17)27-19(23(24,25)26)13-20(29)28-32-15-18-11-7-4-8-12-18/h3-12,16,19,21,27H,13-15H2,1-2H3,(H,28,29)/t19-,21-/m0/s1. The van der Waals surface area contributed by atoms with Crippen molar-refractivity contribution in [2.45, 2.75) is 51.7 Å². The second kappa shape index (κ2) is 12.2. The Balaban J connectivity index is 1.93. The first-order valence-corrected chi connectivity index (χ1v) is 10.1. The Morgan fingerprint density at radius 1 is 0.906 bits per heavy atom. The maximum atomic E-state index is 13.6. The third-order valence-corrected chi connectivity index (χ3v) is 4.58. The molecule has 0 radical (unpaired) electrons. The Labute approximate surface area is 185 Å². The summed E-state index contributed by atoms with van der Waals surface area (Å²) in [5.74, 6) is -2.28. The fourth-order valence-electron chi connectivity index (χ4n) is 2.84. The highest BCUT2D eigenvalue weighted by molar-refractivity contribution is 5.77. The molecule has 32 heavy (non-hydrogen) atoms. The number of halogens is 3.